The quantitative estimate of drug-likeness (QED) is 0.810. The topological polar surface area (TPSA) is 46.3 Å². The fraction of sp³-hybridized carbons (Fsp3) is 0.312. The third-order valence-electron chi connectivity index (χ3n) is 3.72. The van der Waals surface area contributed by atoms with Gasteiger partial charge in [0, 0.05) is 32.5 Å². The van der Waals surface area contributed by atoms with Gasteiger partial charge in [0.15, 0.2) is 0 Å². The van der Waals surface area contributed by atoms with E-state index in [1.807, 2.05) is 33.0 Å². The molecule has 0 aliphatic rings. The summed E-state index contributed by atoms with van der Waals surface area (Å²) in [6, 6.07) is 7.85. The predicted octanol–water partition coefficient (Wildman–Crippen LogP) is 4.54. The van der Waals surface area contributed by atoms with Gasteiger partial charge in [-0.3, -0.25) is 4.79 Å². The van der Waals surface area contributed by atoms with Gasteiger partial charge in [0.05, 0.1) is 6.04 Å². The molecule has 0 fully saturated rings. The molecule has 1 heterocycles. The van der Waals surface area contributed by atoms with Crippen molar-refractivity contribution in [2.24, 2.45) is 0 Å². The normalized spacial score (nSPS) is 12.2. The number of amides is 1. The average molecular weight is 367 g/mol. The van der Waals surface area contributed by atoms with Crippen LogP contribution in [0.2, 0.25) is 0 Å². The van der Waals surface area contributed by atoms with E-state index >= 15 is 0 Å². The lowest BCUT2D eigenvalue weighted by Crippen LogP contribution is -2.30. The number of hydrogen-bond acceptors (Lipinski definition) is 3. The van der Waals surface area contributed by atoms with Crippen molar-refractivity contribution in [3.05, 3.63) is 49.6 Å². The SMILES string of the molecule is Cc1ccc(C(C)N(C)C(=O)c2cc(Br)cc(N)c2C)s1. The Morgan fingerprint density at radius 3 is 2.57 bits per heavy atom. The molecule has 0 bridgehead atoms. The molecule has 0 spiro atoms. The summed E-state index contributed by atoms with van der Waals surface area (Å²) in [4.78, 5) is 16.9. The largest absolute Gasteiger partial charge is 0.398 e. The first-order valence-corrected chi connectivity index (χ1v) is 8.31. The Balaban J connectivity index is 2.31. The van der Waals surface area contributed by atoms with Crippen molar-refractivity contribution in [1.82, 2.24) is 4.90 Å². The van der Waals surface area contributed by atoms with Crippen molar-refractivity contribution >= 4 is 38.9 Å². The fourth-order valence-electron chi connectivity index (χ4n) is 2.16. The van der Waals surface area contributed by atoms with Crippen molar-refractivity contribution in [3.8, 4) is 0 Å². The van der Waals surface area contributed by atoms with Gasteiger partial charge in [-0.15, -0.1) is 11.3 Å². The van der Waals surface area contributed by atoms with E-state index in [-0.39, 0.29) is 11.9 Å². The van der Waals surface area contributed by atoms with Crippen molar-refractivity contribution in [2.45, 2.75) is 26.8 Å². The van der Waals surface area contributed by atoms with Gasteiger partial charge in [-0.2, -0.15) is 0 Å². The van der Waals surface area contributed by atoms with Crippen molar-refractivity contribution in [2.75, 3.05) is 12.8 Å². The van der Waals surface area contributed by atoms with E-state index in [2.05, 4.69) is 35.0 Å². The lowest BCUT2D eigenvalue weighted by Gasteiger charge is -2.25. The second kappa shape index (κ2) is 6.20. The number of nitrogens with two attached hydrogens (primary N) is 1. The number of hydrogen-bond donors (Lipinski definition) is 1. The molecule has 0 aliphatic heterocycles. The van der Waals surface area contributed by atoms with E-state index in [4.69, 9.17) is 5.73 Å². The van der Waals surface area contributed by atoms with E-state index in [1.54, 1.807) is 16.2 Å². The van der Waals surface area contributed by atoms with Crippen molar-refractivity contribution < 1.29 is 4.79 Å². The minimum absolute atomic E-state index is 0.0148. The van der Waals surface area contributed by atoms with Gasteiger partial charge in [-0.25, -0.2) is 0 Å². The Bertz CT molecular complexity index is 681. The molecule has 2 rings (SSSR count). The van der Waals surface area contributed by atoms with Crippen LogP contribution in [0.3, 0.4) is 0 Å². The molecule has 1 aromatic carbocycles. The Morgan fingerprint density at radius 2 is 2.00 bits per heavy atom. The summed E-state index contributed by atoms with van der Waals surface area (Å²) in [5, 5.41) is 0. The Labute approximate surface area is 137 Å². The number of carbonyl (C=O) groups is 1. The highest BCUT2D eigenvalue weighted by Gasteiger charge is 2.22. The van der Waals surface area contributed by atoms with Crippen LogP contribution in [0.1, 0.15) is 38.6 Å². The number of nitrogens with zero attached hydrogens (tertiary/aromatic N) is 1. The molecular formula is C16H19BrN2OS. The highest BCUT2D eigenvalue weighted by atomic mass is 79.9. The summed E-state index contributed by atoms with van der Waals surface area (Å²) in [5.41, 5.74) is 8.04. The van der Waals surface area contributed by atoms with Gasteiger partial charge in [0.1, 0.15) is 0 Å². The van der Waals surface area contributed by atoms with Crippen LogP contribution in [0.4, 0.5) is 5.69 Å². The number of nitrogen functional groups attached to an aromatic ring is 1. The van der Waals surface area contributed by atoms with E-state index in [9.17, 15) is 4.79 Å². The molecule has 0 saturated heterocycles. The number of carbonyl (C=O) groups excluding carboxylic acids is 1. The number of rotatable bonds is 3. The number of aryl methyl sites for hydroxylation is 1. The highest BCUT2D eigenvalue weighted by Crippen LogP contribution is 2.29. The van der Waals surface area contributed by atoms with Crippen LogP contribution in [0, 0.1) is 13.8 Å². The van der Waals surface area contributed by atoms with Crippen molar-refractivity contribution in [3.63, 3.8) is 0 Å². The van der Waals surface area contributed by atoms with Crippen LogP contribution >= 0.6 is 27.3 Å². The molecule has 112 valence electrons. The van der Waals surface area contributed by atoms with Crippen molar-refractivity contribution in [1.29, 1.82) is 0 Å². The van der Waals surface area contributed by atoms with E-state index in [0.717, 1.165) is 10.0 Å². The van der Waals surface area contributed by atoms with Crippen LogP contribution in [-0.2, 0) is 0 Å². The molecule has 1 amide bonds. The molecule has 21 heavy (non-hydrogen) atoms. The Kier molecular flexibility index (Phi) is 4.74. The first-order chi connectivity index (χ1) is 9.81. The van der Waals surface area contributed by atoms with Gasteiger partial charge in [-0.05, 0) is 50.6 Å². The first kappa shape index (κ1) is 16.0. The summed E-state index contributed by atoms with van der Waals surface area (Å²) < 4.78 is 0.821. The number of benzene rings is 1. The first-order valence-electron chi connectivity index (χ1n) is 6.70. The van der Waals surface area contributed by atoms with E-state index in [1.165, 1.54) is 9.75 Å². The summed E-state index contributed by atoms with van der Waals surface area (Å²) in [6.07, 6.45) is 0. The van der Waals surface area contributed by atoms with Crippen LogP contribution in [0.25, 0.3) is 0 Å². The molecule has 1 unspecified atom stereocenters. The maximum Gasteiger partial charge on any atom is 0.254 e. The zero-order chi connectivity index (χ0) is 15.7. The zero-order valence-corrected chi connectivity index (χ0v) is 15.0. The van der Waals surface area contributed by atoms with Crippen LogP contribution in [0.15, 0.2) is 28.7 Å². The molecule has 5 heteroatoms. The third-order valence-corrected chi connectivity index (χ3v) is 5.35. The molecule has 0 saturated carbocycles. The molecule has 0 radical (unpaired) electrons. The molecule has 2 aromatic rings. The maximum atomic E-state index is 12.7. The minimum Gasteiger partial charge on any atom is -0.398 e. The maximum absolute atomic E-state index is 12.7. The number of anilines is 1. The number of halogens is 1. The molecular weight excluding hydrogens is 348 g/mol. The molecule has 3 nitrogen and oxygen atoms in total. The van der Waals surface area contributed by atoms with Crippen LogP contribution in [0.5, 0.6) is 0 Å². The van der Waals surface area contributed by atoms with Gasteiger partial charge in [0.2, 0.25) is 0 Å². The predicted molar refractivity (Wildman–Crippen MR) is 92.9 cm³/mol. The summed E-state index contributed by atoms with van der Waals surface area (Å²) in [7, 11) is 1.83. The molecule has 0 aliphatic carbocycles. The average Bonchev–Trinajstić information content (AvgIpc) is 2.87. The van der Waals surface area contributed by atoms with Gasteiger partial charge in [-0.1, -0.05) is 15.9 Å². The molecule has 1 atom stereocenters. The zero-order valence-electron chi connectivity index (χ0n) is 12.6. The lowest BCUT2D eigenvalue weighted by atomic mass is 10.0. The standard InChI is InChI=1S/C16H19BrN2OS/c1-9-5-6-15(21-9)11(3)19(4)16(20)13-7-12(17)8-14(18)10(13)2/h5-8,11H,18H2,1-4H3. The summed E-state index contributed by atoms with van der Waals surface area (Å²) in [6.45, 7) is 5.99. The van der Waals surface area contributed by atoms with Crippen LogP contribution in [-0.4, -0.2) is 17.9 Å². The lowest BCUT2D eigenvalue weighted by molar-refractivity contribution is 0.0744. The van der Waals surface area contributed by atoms with Crippen LogP contribution < -0.4 is 5.73 Å². The Hall–Kier alpha value is -1.33. The van der Waals surface area contributed by atoms with Gasteiger partial charge < -0.3 is 10.6 Å². The van der Waals surface area contributed by atoms with Gasteiger partial charge >= 0.3 is 0 Å². The van der Waals surface area contributed by atoms with E-state index < -0.39 is 0 Å². The smallest absolute Gasteiger partial charge is 0.254 e. The summed E-state index contributed by atoms with van der Waals surface area (Å²) in [5.74, 6) is -0.0148. The second-order valence-corrected chi connectivity index (χ2v) is 7.44. The monoisotopic (exact) mass is 366 g/mol. The number of thiophene rings is 1. The highest BCUT2D eigenvalue weighted by molar-refractivity contribution is 9.10. The second-order valence-electron chi connectivity index (χ2n) is 5.21. The fourth-order valence-corrected chi connectivity index (χ4v) is 3.61. The molecule has 1 aromatic heterocycles. The summed E-state index contributed by atoms with van der Waals surface area (Å²) >= 11 is 5.12. The van der Waals surface area contributed by atoms with E-state index in [0.29, 0.717) is 11.3 Å². The minimum atomic E-state index is -0.0148. The Morgan fingerprint density at radius 1 is 1.33 bits per heavy atom. The third kappa shape index (κ3) is 3.30. The van der Waals surface area contributed by atoms with Gasteiger partial charge in [0.25, 0.3) is 5.91 Å². The molecule has 2 N–H and O–H groups in total.